The molecule has 0 radical (unpaired) electrons. The van der Waals surface area contributed by atoms with E-state index in [1.54, 1.807) is 5.56 Å². The minimum atomic E-state index is 0.741. The number of hydrogen-bond acceptors (Lipinski definition) is 1. The van der Waals surface area contributed by atoms with E-state index < -0.39 is 0 Å². The minimum absolute atomic E-state index is 0.741. The summed E-state index contributed by atoms with van der Waals surface area (Å²) in [7, 11) is 0. The third-order valence-corrected chi connectivity index (χ3v) is 4.90. The van der Waals surface area contributed by atoms with Gasteiger partial charge >= 0.3 is 0 Å². The first-order chi connectivity index (χ1) is 8.95. The van der Waals surface area contributed by atoms with Crippen molar-refractivity contribution in [2.24, 2.45) is 5.92 Å². The van der Waals surface area contributed by atoms with Gasteiger partial charge in [0.2, 0.25) is 0 Å². The Bertz CT molecular complexity index is 351. The highest BCUT2D eigenvalue weighted by Gasteiger charge is 2.34. The van der Waals surface area contributed by atoms with Gasteiger partial charge in [-0.05, 0) is 37.3 Å². The smallest absolute Gasteiger partial charge is 0.0164 e. The normalized spacial score (nSPS) is 30.2. The maximum atomic E-state index is 3.80. The molecule has 2 atom stereocenters. The molecule has 1 saturated carbocycles. The molecule has 1 aromatic carbocycles. The topological polar surface area (TPSA) is 12.0 Å². The molecule has 0 aromatic heterocycles. The molecule has 18 heavy (non-hydrogen) atoms. The summed E-state index contributed by atoms with van der Waals surface area (Å²) in [5.41, 5.74) is 1.55. The summed E-state index contributed by atoms with van der Waals surface area (Å²) in [6.45, 7) is 1.21. The first-order valence-electron chi connectivity index (χ1n) is 7.73. The van der Waals surface area contributed by atoms with Crippen LogP contribution < -0.4 is 5.32 Å². The SMILES string of the molecule is c1ccc(C2CCNC2C2CCCCCC2)cc1. The molecule has 0 amide bonds. The van der Waals surface area contributed by atoms with Gasteiger partial charge in [0.25, 0.3) is 0 Å². The first-order valence-corrected chi connectivity index (χ1v) is 7.73. The van der Waals surface area contributed by atoms with Crippen molar-refractivity contribution < 1.29 is 0 Å². The van der Waals surface area contributed by atoms with Crippen LogP contribution in [0, 0.1) is 5.92 Å². The largest absolute Gasteiger partial charge is 0.313 e. The molecule has 98 valence electrons. The highest BCUT2D eigenvalue weighted by atomic mass is 15.0. The van der Waals surface area contributed by atoms with Gasteiger partial charge in [0.05, 0.1) is 0 Å². The van der Waals surface area contributed by atoms with E-state index in [-0.39, 0.29) is 0 Å². The zero-order chi connectivity index (χ0) is 12.2. The van der Waals surface area contributed by atoms with Crippen LogP contribution in [-0.2, 0) is 0 Å². The predicted molar refractivity (Wildman–Crippen MR) is 76.8 cm³/mol. The van der Waals surface area contributed by atoms with Gasteiger partial charge in [-0.3, -0.25) is 0 Å². The van der Waals surface area contributed by atoms with Crippen molar-refractivity contribution in [2.45, 2.75) is 56.9 Å². The van der Waals surface area contributed by atoms with Gasteiger partial charge in [-0.2, -0.15) is 0 Å². The molecule has 0 spiro atoms. The van der Waals surface area contributed by atoms with E-state index in [4.69, 9.17) is 0 Å². The third-order valence-electron chi connectivity index (χ3n) is 4.90. The molecule has 1 N–H and O–H groups in total. The van der Waals surface area contributed by atoms with Gasteiger partial charge in [-0.25, -0.2) is 0 Å². The molecule has 1 heterocycles. The van der Waals surface area contributed by atoms with Crippen molar-refractivity contribution in [2.75, 3.05) is 6.54 Å². The van der Waals surface area contributed by atoms with Crippen LogP contribution in [-0.4, -0.2) is 12.6 Å². The summed E-state index contributed by atoms with van der Waals surface area (Å²) in [6, 6.07) is 11.9. The van der Waals surface area contributed by atoms with E-state index in [0.29, 0.717) is 0 Å². The lowest BCUT2D eigenvalue weighted by Gasteiger charge is -2.28. The second-order valence-corrected chi connectivity index (χ2v) is 6.04. The maximum Gasteiger partial charge on any atom is 0.0164 e. The summed E-state index contributed by atoms with van der Waals surface area (Å²) in [5, 5.41) is 3.80. The van der Waals surface area contributed by atoms with Gasteiger partial charge in [0.1, 0.15) is 0 Å². The quantitative estimate of drug-likeness (QED) is 0.771. The van der Waals surface area contributed by atoms with Crippen LogP contribution in [0.2, 0.25) is 0 Å². The molecule has 1 saturated heterocycles. The molecular formula is C17H25N. The number of nitrogens with one attached hydrogen (secondary N) is 1. The highest BCUT2D eigenvalue weighted by Crippen LogP contribution is 2.37. The summed E-state index contributed by atoms with van der Waals surface area (Å²) in [5.74, 6) is 1.68. The Morgan fingerprint density at radius 3 is 2.28 bits per heavy atom. The average molecular weight is 243 g/mol. The van der Waals surface area contributed by atoms with E-state index in [1.165, 1.54) is 51.5 Å². The van der Waals surface area contributed by atoms with Crippen molar-refractivity contribution in [3.8, 4) is 0 Å². The fourth-order valence-electron chi connectivity index (χ4n) is 3.97. The summed E-state index contributed by atoms with van der Waals surface area (Å²) in [6.07, 6.45) is 10.0. The number of rotatable bonds is 2. The predicted octanol–water partition coefficient (Wildman–Crippen LogP) is 4.10. The lowest BCUT2D eigenvalue weighted by Crippen LogP contribution is -2.34. The second kappa shape index (κ2) is 5.88. The van der Waals surface area contributed by atoms with Crippen LogP contribution in [0.3, 0.4) is 0 Å². The number of hydrogen-bond donors (Lipinski definition) is 1. The van der Waals surface area contributed by atoms with Gasteiger partial charge < -0.3 is 5.32 Å². The van der Waals surface area contributed by atoms with Crippen molar-refractivity contribution in [1.82, 2.24) is 5.32 Å². The second-order valence-electron chi connectivity index (χ2n) is 6.04. The molecule has 2 unspecified atom stereocenters. The van der Waals surface area contributed by atoms with E-state index in [1.807, 2.05) is 0 Å². The third kappa shape index (κ3) is 2.61. The van der Waals surface area contributed by atoms with E-state index in [2.05, 4.69) is 35.6 Å². The van der Waals surface area contributed by atoms with Crippen LogP contribution in [0.15, 0.2) is 30.3 Å². The Morgan fingerprint density at radius 2 is 1.56 bits per heavy atom. The van der Waals surface area contributed by atoms with Crippen LogP contribution in [0.25, 0.3) is 0 Å². The van der Waals surface area contributed by atoms with Crippen LogP contribution in [0.5, 0.6) is 0 Å². The summed E-state index contributed by atoms with van der Waals surface area (Å²) < 4.78 is 0. The Labute approximate surface area is 111 Å². The van der Waals surface area contributed by atoms with Gasteiger partial charge in [-0.1, -0.05) is 56.0 Å². The summed E-state index contributed by atoms with van der Waals surface area (Å²) in [4.78, 5) is 0. The van der Waals surface area contributed by atoms with Crippen LogP contribution in [0.4, 0.5) is 0 Å². The monoisotopic (exact) mass is 243 g/mol. The molecule has 1 heteroatoms. The fourth-order valence-corrected chi connectivity index (χ4v) is 3.97. The molecule has 1 aromatic rings. The first kappa shape index (κ1) is 12.2. The van der Waals surface area contributed by atoms with Crippen molar-refractivity contribution >= 4 is 0 Å². The standard InChI is InChI=1S/C17H25N/c1-2-5-11-15(10-4-1)17-16(12-13-18-17)14-8-6-3-7-9-14/h3,6-9,15-18H,1-2,4-5,10-13H2. The molecule has 3 rings (SSSR count). The fraction of sp³-hybridized carbons (Fsp3) is 0.647. The lowest BCUT2D eigenvalue weighted by atomic mass is 9.81. The van der Waals surface area contributed by atoms with Crippen LogP contribution in [0.1, 0.15) is 56.4 Å². The molecule has 2 fully saturated rings. The van der Waals surface area contributed by atoms with Gasteiger partial charge in [0.15, 0.2) is 0 Å². The molecule has 1 aliphatic carbocycles. The Balaban J connectivity index is 1.74. The van der Waals surface area contributed by atoms with Crippen LogP contribution >= 0.6 is 0 Å². The molecular weight excluding hydrogens is 218 g/mol. The summed E-state index contributed by atoms with van der Waals surface area (Å²) >= 11 is 0. The highest BCUT2D eigenvalue weighted by molar-refractivity contribution is 5.23. The van der Waals surface area contributed by atoms with E-state index in [9.17, 15) is 0 Å². The molecule has 0 bridgehead atoms. The Hall–Kier alpha value is -0.820. The molecule has 1 nitrogen and oxygen atoms in total. The molecule has 2 aliphatic rings. The van der Waals surface area contributed by atoms with Gasteiger partial charge in [0, 0.05) is 12.0 Å². The van der Waals surface area contributed by atoms with Crippen molar-refractivity contribution in [3.05, 3.63) is 35.9 Å². The van der Waals surface area contributed by atoms with Gasteiger partial charge in [-0.15, -0.1) is 0 Å². The van der Waals surface area contributed by atoms with E-state index in [0.717, 1.165) is 17.9 Å². The average Bonchev–Trinajstić information content (AvgIpc) is 2.75. The zero-order valence-electron chi connectivity index (χ0n) is 11.3. The lowest BCUT2D eigenvalue weighted by molar-refractivity contribution is 0.327. The number of benzene rings is 1. The Morgan fingerprint density at radius 1 is 0.833 bits per heavy atom. The minimum Gasteiger partial charge on any atom is -0.313 e. The molecule has 1 aliphatic heterocycles. The van der Waals surface area contributed by atoms with Crippen molar-refractivity contribution in [1.29, 1.82) is 0 Å². The van der Waals surface area contributed by atoms with Crippen molar-refractivity contribution in [3.63, 3.8) is 0 Å². The maximum absolute atomic E-state index is 3.80. The zero-order valence-corrected chi connectivity index (χ0v) is 11.3. The Kier molecular flexibility index (Phi) is 3.99. The van der Waals surface area contributed by atoms with E-state index >= 15 is 0 Å².